The van der Waals surface area contributed by atoms with E-state index in [4.69, 9.17) is 0 Å². The van der Waals surface area contributed by atoms with Crippen molar-refractivity contribution in [3.05, 3.63) is 11.1 Å². The van der Waals surface area contributed by atoms with Crippen molar-refractivity contribution in [2.75, 3.05) is 18.9 Å². The fourth-order valence-corrected chi connectivity index (χ4v) is 1.95. The Morgan fingerprint density at radius 2 is 2.20 bits per heavy atom. The van der Waals surface area contributed by atoms with Crippen LogP contribution in [-0.4, -0.2) is 24.5 Å². The molecule has 4 nitrogen and oxygen atoms in total. The molecule has 0 aliphatic carbocycles. The van der Waals surface area contributed by atoms with Crippen molar-refractivity contribution in [2.45, 2.75) is 26.2 Å². The van der Waals surface area contributed by atoms with Crippen LogP contribution in [0.15, 0.2) is 5.38 Å². The third kappa shape index (κ3) is 3.60. The normalized spacial score (nSPS) is 11.5. The Bertz CT molecular complexity index is 341. The number of hydrogen-bond acceptors (Lipinski definition) is 4. The number of nitrogens with zero attached hydrogens (tertiary/aromatic N) is 1. The molecule has 0 spiro atoms. The topological polar surface area (TPSA) is 54.0 Å². The molecule has 5 heteroatoms. The van der Waals surface area contributed by atoms with Gasteiger partial charge in [0.15, 0.2) is 5.13 Å². The van der Waals surface area contributed by atoms with E-state index in [1.165, 1.54) is 11.3 Å². The molecular formula is C10H17N3OS. The molecule has 1 rings (SSSR count). The fraction of sp³-hybridized carbons (Fsp3) is 0.600. The summed E-state index contributed by atoms with van der Waals surface area (Å²) in [6.07, 6.45) is 0. The van der Waals surface area contributed by atoms with E-state index in [-0.39, 0.29) is 11.3 Å². The molecule has 0 bridgehead atoms. The standard InChI is InChI=1S/C10H17N3OS/c1-10(2,3)7-6-15-9(12-7)13-8(14)5-11-4/h6,11H,5H2,1-4H3,(H,12,13,14). The van der Waals surface area contributed by atoms with Gasteiger partial charge < -0.3 is 10.6 Å². The van der Waals surface area contributed by atoms with Crippen molar-refractivity contribution in [1.29, 1.82) is 0 Å². The van der Waals surface area contributed by atoms with Crippen LogP contribution >= 0.6 is 11.3 Å². The van der Waals surface area contributed by atoms with Gasteiger partial charge in [0.2, 0.25) is 5.91 Å². The first-order valence-electron chi connectivity index (χ1n) is 4.84. The average Bonchev–Trinajstić information content (AvgIpc) is 2.52. The lowest BCUT2D eigenvalue weighted by Gasteiger charge is -2.14. The van der Waals surface area contributed by atoms with E-state index in [9.17, 15) is 4.79 Å². The molecule has 2 N–H and O–H groups in total. The Hall–Kier alpha value is -0.940. The molecular weight excluding hydrogens is 210 g/mol. The number of likely N-dealkylation sites (N-methyl/N-ethyl adjacent to an activating group) is 1. The lowest BCUT2D eigenvalue weighted by atomic mass is 9.93. The molecule has 0 saturated carbocycles. The van der Waals surface area contributed by atoms with Crippen LogP contribution in [0.3, 0.4) is 0 Å². The fourth-order valence-electron chi connectivity index (χ4n) is 1.000. The zero-order valence-corrected chi connectivity index (χ0v) is 10.4. The van der Waals surface area contributed by atoms with E-state index in [2.05, 4.69) is 36.4 Å². The molecule has 1 aromatic rings. The largest absolute Gasteiger partial charge is 0.311 e. The molecule has 0 saturated heterocycles. The van der Waals surface area contributed by atoms with Gasteiger partial charge in [-0.05, 0) is 7.05 Å². The minimum Gasteiger partial charge on any atom is -0.311 e. The highest BCUT2D eigenvalue weighted by molar-refractivity contribution is 7.13. The van der Waals surface area contributed by atoms with Crippen molar-refractivity contribution in [3.8, 4) is 0 Å². The molecule has 0 atom stereocenters. The number of carbonyl (C=O) groups excluding carboxylic acids is 1. The molecule has 0 aliphatic heterocycles. The predicted octanol–water partition coefficient (Wildman–Crippen LogP) is 1.60. The first-order valence-corrected chi connectivity index (χ1v) is 5.72. The van der Waals surface area contributed by atoms with Crippen molar-refractivity contribution >= 4 is 22.4 Å². The lowest BCUT2D eigenvalue weighted by Crippen LogP contribution is -2.25. The van der Waals surface area contributed by atoms with Crippen molar-refractivity contribution < 1.29 is 4.79 Å². The summed E-state index contributed by atoms with van der Waals surface area (Å²) in [4.78, 5) is 15.6. The summed E-state index contributed by atoms with van der Waals surface area (Å²) in [7, 11) is 1.74. The number of nitrogens with one attached hydrogen (secondary N) is 2. The maximum atomic E-state index is 11.3. The number of amides is 1. The van der Waals surface area contributed by atoms with Gasteiger partial charge in [-0.15, -0.1) is 11.3 Å². The van der Waals surface area contributed by atoms with Crippen LogP contribution in [-0.2, 0) is 10.2 Å². The molecule has 0 aromatic carbocycles. The van der Waals surface area contributed by atoms with Crippen LogP contribution in [0.2, 0.25) is 0 Å². The summed E-state index contributed by atoms with van der Waals surface area (Å²) >= 11 is 1.46. The van der Waals surface area contributed by atoms with Gasteiger partial charge in [-0.1, -0.05) is 20.8 Å². The Kier molecular flexibility index (Phi) is 3.82. The van der Waals surface area contributed by atoms with E-state index in [0.717, 1.165) is 5.69 Å². The zero-order chi connectivity index (χ0) is 11.5. The van der Waals surface area contributed by atoms with Crippen molar-refractivity contribution in [3.63, 3.8) is 0 Å². The van der Waals surface area contributed by atoms with Crippen LogP contribution in [0.5, 0.6) is 0 Å². The third-order valence-electron chi connectivity index (χ3n) is 1.86. The molecule has 0 fully saturated rings. The highest BCUT2D eigenvalue weighted by Crippen LogP contribution is 2.26. The number of aromatic nitrogens is 1. The van der Waals surface area contributed by atoms with E-state index < -0.39 is 0 Å². The van der Waals surface area contributed by atoms with Gasteiger partial charge in [0.05, 0.1) is 12.2 Å². The van der Waals surface area contributed by atoms with Crippen LogP contribution in [0.1, 0.15) is 26.5 Å². The van der Waals surface area contributed by atoms with E-state index >= 15 is 0 Å². The lowest BCUT2D eigenvalue weighted by molar-refractivity contribution is -0.115. The molecule has 0 aliphatic rings. The van der Waals surface area contributed by atoms with Crippen LogP contribution in [0.25, 0.3) is 0 Å². The number of thiazole rings is 1. The second-order valence-electron chi connectivity index (χ2n) is 4.37. The Morgan fingerprint density at radius 1 is 1.53 bits per heavy atom. The van der Waals surface area contributed by atoms with E-state index in [0.29, 0.717) is 11.7 Å². The monoisotopic (exact) mass is 227 g/mol. The molecule has 0 unspecified atom stereocenters. The summed E-state index contributed by atoms with van der Waals surface area (Å²) < 4.78 is 0. The average molecular weight is 227 g/mol. The first kappa shape index (κ1) is 12.1. The second-order valence-corrected chi connectivity index (χ2v) is 5.22. The smallest absolute Gasteiger partial charge is 0.240 e. The number of hydrogen-bond donors (Lipinski definition) is 2. The van der Waals surface area contributed by atoms with Crippen molar-refractivity contribution in [2.24, 2.45) is 0 Å². The summed E-state index contributed by atoms with van der Waals surface area (Å²) in [6.45, 7) is 6.61. The quantitative estimate of drug-likeness (QED) is 0.824. The summed E-state index contributed by atoms with van der Waals surface area (Å²) in [5.74, 6) is -0.0627. The van der Waals surface area contributed by atoms with Gasteiger partial charge in [0, 0.05) is 10.8 Å². The van der Waals surface area contributed by atoms with Crippen LogP contribution < -0.4 is 10.6 Å². The summed E-state index contributed by atoms with van der Waals surface area (Å²) in [5.41, 5.74) is 1.04. The van der Waals surface area contributed by atoms with E-state index in [1.54, 1.807) is 7.05 Å². The Labute approximate surface area is 94.1 Å². The molecule has 84 valence electrons. The van der Waals surface area contributed by atoms with Gasteiger partial charge in [0.25, 0.3) is 0 Å². The minimum atomic E-state index is -0.0627. The minimum absolute atomic E-state index is 0.0302. The third-order valence-corrected chi connectivity index (χ3v) is 2.61. The highest BCUT2D eigenvalue weighted by Gasteiger charge is 2.17. The summed E-state index contributed by atoms with van der Waals surface area (Å²) in [6, 6.07) is 0. The Morgan fingerprint density at radius 3 is 2.67 bits per heavy atom. The number of rotatable bonds is 3. The van der Waals surface area contributed by atoms with Gasteiger partial charge >= 0.3 is 0 Å². The maximum Gasteiger partial charge on any atom is 0.240 e. The molecule has 15 heavy (non-hydrogen) atoms. The summed E-state index contributed by atoms with van der Waals surface area (Å²) in [5, 5.41) is 8.18. The van der Waals surface area contributed by atoms with Gasteiger partial charge in [-0.3, -0.25) is 4.79 Å². The van der Waals surface area contributed by atoms with Crippen molar-refractivity contribution in [1.82, 2.24) is 10.3 Å². The second kappa shape index (κ2) is 4.72. The first-order chi connectivity index (χ1) is 6.93. The predicted molar refractivity (Wildman–Crippen MR) is 63.4 cm³/mol. The highest BCUT2D eigenvalue weighted by atomic mass is 32.1. The van der Waals surface area contributed by atoms with Crippen LogP contribution in [0.4, 0.5) is 5.13 Å². The van der Waals surface area contributed by atoms with Gasteiger partial charge in [-0.25, -0.2) is 4.98 Å². The molecule has 0 radical (unpaired) electrons. The SMILES string of the molecule is CNCC(=O)Nc1nc(C(C)(C)C)cs1. The van der Waals surface area contributed by atoms with Gasteiger partial charge in [0.1, 0.15) is 0 Å². The van der Waals surface area contributed by atoms with E-state index in [1.807, 2.05) is 5.38 Å². The van der Waals surface area contributed by atoms with Crippen LogP contribution in [0, 0.1) is 0 Å². The Balaban J connectivity index is 2.65. The zero-order valence-electron chi connectivity index (χ0n) is 9.55. The molecule has 1 heterocycles. The number of carbonyl (C=O) groups is 1. The molecule has 1 amide bonds. The van der Waals surface area contributed by atoms with Gasteiger partial charge in [-0.2, -0.15) is 0 Å². The number of anilines is 1. The maximum absolute atomic E-state index is 11.3. The molecule has 1 aromatic heterocycles.